The minimum Gasteiger partial charge on any atom is -0.346 e. The number of hydrogen-bond donors (Lipinski definition) is 2. The molecule has 34 heavy (non-hydrogen) atoms. The number of amides is 1. The molecule has 0 radical (unpaired) electrons. The van der Waals surface area contributed by atoms with Crippen LogP contribution in [0.15, 0.2) is 42.9 Å². The van der Waals surface area contributed by atoms with Crippen LogP contribution < -0.4 is 5.32 Å². The van der Waals surface area contributed by atoms with E-state index in [0.29, 0.717) is 0 Å². The molecule has 1 amide bonds. The standard InChI is InChI=1S/C27H28N6O/c1-32-9-10-33-24(16-32)22(15-30-33)18-11-20-21(14-29-25(20)28-13-18)17-5-6-19-23(12-17)27(31-26(19)34)7-3-2-4-8-27/h5-6,11-15H,2-4,7-10,16H2,1H3,(H,28,29)(H,31,34). The Hall–Kier alpha value is -3.45. The van der Waals surface area contributed by atoms with Crippen molar-refractivity contribution >= 4 is 16.9 Å². The van der Waals surface area contributed by atoms with Crippen molar-refractivity contribution in [3.8, 4) is 22.3 Å². The first-order valence-electron chi connectivity index (χ1n) is 12.3. The van der Waals surface area contributed by atoms with E-state index in [1.807, 2.05) is 24.7 Å². The van der Waals surface area contributed by atoms with Crippen LogP contribution in [0.25, 0.3) is 33.3 Å². The van der Waals surface area contributed by atoms with Crippen molar-refractivity contribution in [2.24, 2.45) is 0 Å². The quantitative estimate of drug-likeness (QED) is 0.471. The molecule has 0 bridgehead atoms. The van der Waals surface area contributed by atoms with Gasteiger partial charge >= 0.3 is 0 Å². The van der Waals surface area contributed by atoms with E-state index < -0.39 is 0 Å². The van der Waals surface area contributed by atoms with Crippen molar-refractivity contribution in [2.45, 2.75) is 50.7 Å². The Labute approximate surface area is 198 Å². The van der Waals surface area contributed by atoms with E-state index in [-0.39, 0.29) is 11.4 Å². The van der Waals surface area contributed by atoms with E-state index in [0.717, 1.165) is 84.2 Å². The first-order chi connectivity index (χ1) is 16.6. The zero-order valence-corrected chi connectivity index (χ0v) is 19.4. The molecule has 3 aliphatic rings. The maximum atomic E-state index is 12.7. The number of nitrogens with zero attached hydrogens (tertiary/aromatic N) is 4. The number of aromatic nitrogens is 4. The van der Waals surface area contributed by atoms with E-state index in [4.69, 9.17) is 4.98 Å². The second-order valence-corrected chi connectivity index (χ2v) is 10.1. The molecule has 7 heteroatoms. The largest absolute Gasteiger partial charge is 0.346 e. The third-order valence-electron chi connectivity index (χ3n) is 8.05. The molecule has 3 aromatic heterocycles. The topological polar surface area (TPSA) is 78.8 Å². The summed E-state index contributed by atoms with van der Waals surface area (Å²) < 4.78 is 2.12. The summed E-state index contributed by atoms with van der Waals surface area (Å²) in [7, 11) is 2.15. The van der Waals surface area contributed by atoms with Crippen LogP contribution in [0.3, 0.4) is 0 Å². The Morgan fingerprint density at radius 2 is 1.85 bits per heavy atom. The Balaban J connectivity index is 1.33. The number of H-pyrrole nitrogens is 1. The zero-order chi connectivity index (χ0) is 22.9. The normalized spacial score (nSPS) is 19.4. The smallest absolute Gasteiger partial charge is 0.252 e. The molecule has 1 saturated carbocycles. The lowest BCUT2D eigenvalue weighted by atomic mass is 9.77. The fourth-order valence-corrected chi connectivity index (χ4v) is 6.21. The van der Waals surface area contributed by atoms with Gasteiger partial charge in [-0.3, -0.25) is 14.4 Å². The molecular weight excluding hydrogens is 424 g/mol. The molecule has 1 aliphatic carbocycles. The number of fused-ring (bicyclic) bond motifs is 4. The minimum atomic E-state index is -0.195. The van der Waals surface area contributed by atoms with E-state index in [9.17, 15) is 4.79 Å². The average molecular weight is 453 g/mol. The molecule has 1 spiro atoms. The minimum absolute atomic E-state index is 0.0716. The zero-order valence-electron chi connectivity index (χ0n) is 19.4. The molecule has 4 aromatic rings. The van der Waals surface area contributed by atoms with Crippen LogP contribution in [0.1, 0.15) is 53.7 Å². The summed E-state index contributed by atoms with van der Waals surface area (Å²) in [6.45, 7) is 2.83. The lowest BCUT2D eigenvalue weighted by Gasteiger charge is -2.34. The molecule has 0 unspecified atom stereocenters. The molecule has 172 valence electrons. The first-order valence-corrected chi connectivity index (χ1v) is 12.3. The van der Waals surface area contributed by atoms with Crippen LogP contribution in [0.5, 0.6) is 0 Å². The summed E-state index contributed by atoms with van der Waals surface area (Å²) in [5.74, 6) is 0.0716. The molecule has 1 fully saturated rings. The summed E-state index contributed by atoms with van der Waals surface area (Å²) >= 11 is 0. The number of carbonyl (C=O) groups excluding carboxylic acids is 1. The van der Waals surface area contributed by atoms with Crippen LogP contribution in [-0.2, 0) is 18.6 Å². The van der Waals surface area contributed by atoms with Crippen molar-refractivity contribution in [3.63, 3.8) is 0 Å². The van der Waals surface area contributed by atoms with E-state index in [1.54, 1.807) is 0 Å². The van der Waals surface area contributed by atoms with Crippen molar-refractivity contribution in [1.29, 1.82) is 0 Å². The van der Waals surface area contributed by atoms with Crippen LogP contribution >= 0.6 is 0 Å². The molecule has 1 aromatic carbocycles. The van der Waals surface area contributed by atoms with Gasteiger partial charge in [-0.15, -0.1) is 0 Å². The number of benzene rings is 1. The van der Waals surface area contributed by atoms with Crippen molar-refractivity contribution in [1.82, 2.24) is 30.0 Å². The van der Waals surface area contributed by atoms with Gasteiger partial charge in [0.2, 0.25) is 0 Å². The molecule has 7 nitrogen and oxygen atoms in total. The fraction of sp³-hybridized carbons (Fsp3) is 0.370. The van der Waals surface area contributed by atoms with E-state index in [2.05, 4.69) is 50.2 Å². The van der Waals surface area contributed by atoms with Crippen molar-refractivity contribution in [2.75, 3.05) is 13.6 Å². The van der Waals surface area contributed by atoms with Gasteiger partial charge in [-0.05, 0) is 49.2 Å². The van der Waals surface area contributed by atoms with Gasteiger partial charge in [0.25, 0.3) is 5.91 Å². The predicted octanol–water partition coefficient (Wildman–Crippen LogP) is 4.44. The number of carbonyl (C=O) groups is 1. The third kappa shape index (κ3) is 2.89. The molecule has 7 rings (SSSR count). The van der Waals surface area contributed by atoms with Gasteiger partial charge in [-0.25, -0.2) is 4.98 Å². The van der Waals surface area contributed by atoms with Gasteiger partial charge in [0.05, 0.1) is 24.0 Å². The highest BCUT2D eigenvalue weighted by Crippen LogP contribution is 2.44. The van der Waals surface area contributed by atoms with Gasteiger partial charge in [0, 0.05) is 53.1 Å². The number of rotatable bonds is 2. The Morgan fingerprint density at radius 1 is 0.971 bits per heavy atom. The van der Waals surface area contributed by atoms with Gasteiger partial charge in [0.15, 0.2) is 0 Å². The maximum absolute atomic E-state index is 12.7. The Bertz CT molecular complexity index is 1440. The van der Waals surface area contributed by atoms with Gasteiger partial charge in [0.1, 0.15) is 5.65 Å². The van der Waals surface area contributed by atoms with Crippen molar-refractivity contribution in [3.05, 3.63) is 59.7 Å². The van der Waals surface area contributed by atoms with Crippen LogP contribution in [0, 0.1) is 0 Å². The molecular formula is C27H28N6O. The number of pyridine rings is 1. The number of likely N-dealkylation sites (N-methyl/N-ethyl adjacent to an activating group) is 1. The monoisotopic (exact) mass is 452 g/mol. The Kier molecular flexibility index (Phi) is 4.27. The summed E-state index contributed by atoms with van der Waals surface area (Å²) in [4.78, 5) is 23.2. The first kappa shape index (κ1) is 20.0. The fourth-order valence-electron chi connectivity index (χ4n) is 6.21. The lowest BCUT2D eigenvalue weighted by Crippen LogP contribution is -2.40. The molecule has 0 atom stereocenters. The lowest BCUT2D eigenvalue weighted by molar-refractivity contribution is 0.0909. The molecule has 5 heterocycles. The molecule has 2 N–H and O–H groups in total. The Morgan fingerprint density at radius 3 is 2.74 bits per heavy atom. The highest BCUT2D eigenvalue weighted by Gasteiger charge is 2.43. The highest BCUT2D eigenvalue weighted by molar-refractivity contribution is 6.02. The summed E-state index contributed by atoms with van der Waals surface area (Å²) in [5.41, 5.74) is 8.41. The predicted molar refractivity (Wildman–Crippen MR) is 131 cm³/mol. The second-order valence-electron chi connectivity index (χ2n) is 10.1. The van der Waals surface area contributed by atoms with E-state index in [1.165, 1.54) is 17.7 Å². The molecule has 0 saturated heterocycles. The number of hydrogen-bond acceptors (Lipinski definition) is 4. The van der Waals surface area contributed by atoms with Crippen molar-refractivity contribution < 1.29 is 4.79 Å². The summed E-state index contributed by atoms with van der Waals surface area (Å²) in [6, 6.07) is 8.55. The number of nitrogens with one attached hydrogen (secondary N) is 2. The maximum Gasteiger partial charge on any atom is 0.252 e. The molecule has 2 aliphatic heterocycles. The summed E-state index contributed by atoms with van der Waals surface area (Å²) in [6.07, 6.45) is 11.6. The summed E-state index contributed by atoms with van der Waals surface area (Å²) in [5, 5.41) is 9.05. The highest BCUT2D eigenvalue weighted by atomic mass is 16.2. The van der Waals surface area contributed by atoms with Crippen LogP contribution in [0.2, 0.25) is 0 Å². The van der Waals surface area contributed by atoms with Gasteiger partial charge < -0.3 is 10.3 Å². The SMILES string of the molecule is CN1CCn2ncc(-c3cnc4[nH]cc(-c5ccc6c(c5)C5(CCCCC5)NC6=O)c4c3)c2C1. The van der Waals surface area contributed by atoms with Gasteiger partial charge in [-0.2, -0.15) is 5.10 Å². The van der Waals surface area contributed by atoms with Crippen LogP contribution in [-0.4, -0.2) is 44.1 Å². The van der Waals surface area contributed by atoms with E-state index >= 15 is 0 Å². The number of aromatic amines is 1. The van der Waals surface area contributed by atoms with Crippen LogP contribution in [0.4, 0.5) is 0 Å². The van der Waals surface area contributed by atoms with Gasteiger partial charge in [-0.1, -0.05) is 25.3 Å². The average Bonchev–Trinajstić information content (AvgIpc) is 3.53. The second kappa shape index (κ2) is 7.27. The third-order valence-corrected chi connectivity index (χ3v) is 8.05.